The lowest BCUT2D eigenvalue weighted by Gasteiger charge is -2.18. The Balaban J connectivity index is 1.66. The van der Waals surface area contributed by atoms with Gasteiger partial charge in [-0.1, -0.05) is 30.3 Å². The lowest BCUT2D eigenvalue weighted by molar-refractivity contribution is 0.0954. The van der Waals surface area contributed by atoms with Crippen LogP contribution in [0.25, 0.3) is 0 Å². The van der Waals surface area contributed by atoms with Crippen LogP contribution in [-0.2, 0) is 6.42 Å². The molecule has 7 heteroatoms. The zero-order chi connectivity index (χ0) is 22.9. The number of nitrogens with one attached hydrogen (secondary N) is 3. The van der Waals surface area contributed by atoms with Crippen molar-refractivity contribution in [2.75, 3.05) is 43.3 Å². The van der Waals surface area contributed by atoms with Crippen LogP contribution in [0.15, 0.2) is 72.8 Å². The van der Waals surface area contributed by atoms with Crippen molar-refractivity contribution in [3.63, 3.8) is 0 Å². The van der Waals surface area contributed by atoms with Crippen LogP contribution < -0.4 is 25.6 Å². The number of hydrogen-bond donors (Lipinski definition) is 3. The van der Waals surface area contributed by atoms with Gasteiger partial charge in [0.1, 0.15) is 5.75 Å². The Morgan fingerprint density at radius 3 is 2.19 bits per heavy atom. The van der Waals surface area contributed by atoms with E-state index in [4.69, 9.17) is 4.74 Å². The van der Waals surface area contributed by atoms with Gasteiger partial charge in [-0.2, -0.15) is 0 Å². The SMILES string of the molecule is COc1ccc(NC(=O)Nc2ccc(N(C)C)c(C(=O)NCCc3ccccc3)c2)cc1. The largest absolute Gasteiger partial charge is 0.497 e. The standard InChI is InChI=1S/C25H28N4O3/c1-29(2)23-14-11-20(28-25(31)27-19-9-12-21(32-3)13-10-19)17-22(23)24(30)26-16-15-18-7-5-4-6-8-18/h4-14,17H,15-16H2,1-3H3,(H,26,30)(H2,27,28,31). The topological polar surface area (TPSA) is 82.7 Å². The number of carbonyl (C=O) groups is 2. The molecule has 0 spiro atoms. The van der Waals surface area contributed by atoms with Crippen molar-refractivity contribution in [3.05, 3.63) is 83.9 Å². The summed E-state index contributed by atoms with van der Waals surface area (Å²) in [5.74, 6) is 0.516. The summed E-state index contributed by atoms with van der Waals surface area (Å²) in [4.78, 5) is 27.1. The molecule has 3 amide bonds. The first kappa shape index (κ1) is 22.7. The molecule has 3 aromatic rings. The maximum Gasteiger partial charge on any atom is 0.323 e. The minimum atomic E-state index is -0.400. The fourth-order valence-corrected chi connectivity index (χ4v) is 3.21. The van der Waals surface area contributed by atoms with Crippen molar-refractivity contribution in [1.29, 1.82) is 0 Å². The number of benzene rings is 3. The van der Waals surface area contributed by atoms with E-state index in [1.54, 1.807) is 43.5 Å². The number of carbonyl (C=O) groups excluding carboxylic acids is 2. The van der Waals surface area contributed by atoms with Crippen LogP contribution in [0.2, 0.25) is 0 Å². The third-order valence-corrected chi connectivity index (χ3v) is 4.87. The number of anilines is 3. The van der Waals surface area contributed by atoms with Crippen molar-refractivity contribution >= 4 is 29.0 Å². The Morgan fingerprint density at radius 1 is 0.875 bits per heavy atom. The Bertz CT molecular complexity index is 1050. The van der Waals surface area contributed by atoms with E-state index in [-0.39, 0.29) is 5.91 Å². The summed E-state index contributed by atoms with van der Waals surface area (Å²) in [5, 5.41) is 8.51. The molecule has 0 aliphatic rings. The number of hydrogen-bond acceptors (Lipinski definition) is 4. The first-order valence-corrected chi connectivity index (χ1v) is 10.3. The van der Waals surface area contributed by atoms with E-state index >= 15 is 0 Å². The number of nitrogens with zero attached hydrogens (tertiary/aromatic N) is 1. The van der Waals surface area contributed by atoms with Crippen molar-refractivity contribution in [2.24, 2.45) is 0 Å². The maximum atomic E-state index is 12.9. The predicted octanol–water partition coefficient (Wildman–Crippen LogP) is 4.38. The van der Waals surface area contributed by atoms with Gasteiger partial charge in [0, 0.05) is 37.7 Å². The van der Waals surface area contributed by atoms with Crippen LogP contribution >= 0.6 is 0 Å². The number of urea groups is 1. The lowest BCUT2D eigenvalue weighted by Crippen LogP contribution is -2.28. The normalized spacial score (nSPS) is 10.2. The van der Waals surface area contributed by atoms with Crippen molar-refractivity contribution in [3.8, 4) is 5.75 Å². The summed E-state index contributed by atoms with van der Waals surface area (Å²) >= 11 is 0. The highest BCUT2D eigenvalue weighted by Crippen LogP contribution is 2.23. The second-order valence-corrected chi connectivity index (χ2v) is 7.43. The molecule has 0 saturated carbocycles. The highest BCUT2D eigenvalue weighted by molar-refractivity contribution is 6.04. The molecule has 0 heterocycles. The van der Waals surface area contributed by atoms with Crippen LogP contribution in [0.1, 0.15) is 15.9 Å². The van der Waals surface area contributed by atoms with E-state index < -0.39 is 6.03 Å². The Hall–Kier alpha value is -4.00. The quantitative estimate of drug-likeness (QED) is 0.493. The second-order valence-electron chi connectivity index (χ2n) is 7.43. The van der Waals surface area contributed by atoms with Crippen LogP contribution in [0.3, 0.4) is 0 Å². The molecule has 0 bridgehead atoms. The lowest BCUT2D eigenvalue weighted by atomic mass is 10.1. The third-order valence-electron chi connectivity index (χ3n) is 4.87. The van der Waals surface area contributed by atoms with E-state index in [0.717, 1.165) is 17.7 Å². The highest BCUT2D eigenvalue weighted by Gasteiger charge is 2.15. The number of amides is 3. The minimum Gasteiger partial charge on any atom is -0.497 e. The second kappa shape index (κ2) is 10.9. The molecule has 166 valence electrons. The van der Waals surface area contributed by atoms with Gasteiger partial charge in [0.05, 0.1) is 12.7 Å². The van der Waals surface area contributed by atoms with Gasteiger partial charge in [-0.15, -0.1) is 0 Å². The van der Waals surface area contributed by atoms with Crippen molar-refractivity contribution < 1.29 is 14.3 Å². The van der Waals surface area contributed by atoms with Gasteiger partial charge in [-0.25, -0.2) is 4.79 Å². The van der Waals surface area contributed by atoms with E-state index in [2.05, 4.69) is 16.0 Å². The van der Waals surface area contributed by atoms with E-state index in [1.807, 2.05) is 55.4 Å². The molecule has 0 aromatic heterocycles. The maximum absolute atomic E-state index is 12.9. The van der Waals surface area contributed by atoms with E-state index in [0.29, 0.717) is 29.2 Å². The number of methoxy groups -OCH3 is 1. The summed E-state index contributed by atoms with van der Waals surface area (Å²) < 4.78 is 5.12. The Labute approximate surface area is 188 Å². The summed E-state index contributed by atoms with van der Waals surface area (Å²) in [6.45, 7) is 0.519. The fraction of sp³-hybridized carbons (Fsp3) is 0.200. The molecule has 7 nitrogen and oxygen atoms in total. The van der Waals surface area contributed by atoms with Gasteiger partial charge in [0.2, 0.25) is 0 Å². The van der Waals surface area contributed by atoms with E-state index in [1.165, 1.54) is 0 Å². The van der Waals surface area contributed by atoms with Crippen molar-refractivity contribution in [2.45, 2.75) is 6.42 Å². The smallest absolute Gasteiger partial charge is 0.323 e. The molecule has 0 atom stereocenters. The van der Waals surface area contributed by atoms with Crippen LogP contribution in [0, 0.1) is 0 Å². The molecule has 32 heavy (non-hydrogen) atoms. The van der Waals surface area contributed by atoms with Crippen LogP contribution in [0.4, 0.5) is 21.9 Å². The summed E-state index contributed by atoms with van der Waals surface area (Å²) in [6.07, 6.45) is 0.742. The van der Waals surface area contributed by atoms with Crippen LogP contribution in [0.5, 0.6) is 5.75 Å². The van der Waals surface area contributed by atoms with Gasteiger partial charge < -0.3 is 25.6 Å². The average Bonchev–Trinajstić information content (AvgIpc) is 2.80. The Kier molecular flexibility index (Phi) is 7.70. The summed E-state index contributed by atoms with van der Waals surface area (Å²) in [7, 11) is 5.33. The monoisotopic (exact) mass is 432 g/mol. The molecule has 0 radical (unpaired) electrons. The van der Waals surface area contributed by atoms with Gasteiger partial charge in [-0.05, 0) is 54.4 Å². The zero-order valence-electron chi connectivity index (χ0n) is 18.5. The average molecular weight is 433 g/mol. The number of rotatable bonds is 8. The summed E-state index contributed by atoms with van der Waals surface area (Å²) in [6, 6.07) is 21.9. The van der Waals surface area contributed by atoms with E-state index in [9.17, 15) is 9.59 Å². The zero-order valence-corrected chi connectivity index (χ0v) is 18.5. The first-order chi connectivity index (χ1) is 15.5. The Morgan fingerprint density at radius 2 is 1.53 bits per heavy atom. The fourth-order valence-electron chi connectivity index (χ4n) is 3.21. The minimum absolute atomic E-state index is 0.191. The molecule has 3 aromatic carbocycles. The molecular weight excluding hydrogens is 404 g/mol. The molecule has 0 aliphatic carbocycles. The summed E-state index contributed by atoms with van der Waals surface area (Å²) in [5.41, 5.74) is 3.57. The predicted molar refractivity (Wildman–Crippen MR) is 129 cm³/mol. The molecule has 0 saturated heterocycles. The molecule has 0 aliphatic heterocycles. The third kappa shape index (κ3) is 6.25. The molecule has 0 fully saturated rings. The molecule has 3 N–H and O–H groups in total. The van der Waals surface area contributed by atoms with Gasteiger partial charge in [0.15, 0.2) is 0 Å². The van der Waals surface area contributed by atoms with Crippen molar-refractivity contribution in [1.82, 2.24) is 5.32 Å². The van der Waals surface area contributed by atoms with Gasteiger partial charge >= 0.3 is 6.03 Å². The molecular formula is C25H28N4O3. The first-order valence-electron chi connectivity index (χ1n) is 10.3. The highest BCUT2D eigenvalue weighted by atomic mass is 16.5. The molecule has 3 rings (SSSR count). The van der Waals surface area contributed by atoms with Gasteiger partial charge in [-0.3, -0.25) is 4.79 Å². The number of ether oxygens (including phenoxy) is 1. The van der Waals surface area contributed by atoms with Crippen LogP contribution in [-0.4, -0.2) is 39.7 Å². The molecule has 0 unspecified atom stereocenters. The van der Waals surface area contributed by atoms with Gasteiger partial charge in [0.25, 0.3) is 5.91 Å².